The van der Waals surface area contributed by atoms with Crippen LogP contribution >= 0.6 is 19.4 Å². The zero-order valence-electron chi connectivity index (χ0n) is 7.50. The molecule has 1 fully saturated rings. The van der Waals surface area contributed by atoms with Gasteiger partial charge in [0.1, 0.15) is 7.14 Å². The molecule has 1 aliphatic rings. The highest BCUT2D eigenvalue weighted by Gasteiger charge is 2.24. The third kappa shape index (κ3) is 8.73. The van der Waals surface area contributed by atoms with Gasteiger partial charge in [0.05, 0.1) is 12.6 Å². The molecule has 0 saturated carbocycles. The van der Waals surface area contributed by atoms with Crippen molar-refractivity contribution < 1.29 is 22.1 Å². The van der Waals surface area contributed by atoms with Gasteiger partial charge in [0, 0.05) is 16.7 Å². The maximum absolute atomic E-state index is 11.4. The molecule has 0 unspecified atom stereocenters. The Morgan fingerprint density at radius 1 is 1.40 bits per heavy atom. The van der Waals surface area contributed by atoms with Crippen LogP contribution in [0.3, 0.4) is 0 Å². The lowest BCUT2D eigenvalue weighted by Gasteiger charge is -2.24. The van der Waals surface area contributed by atoms with Gasteiger partial charge in [-0.3, -0.25) is 8.42 Å². The maximum Gasteiger partial charge on any atom is 0.167 e. The summed E-state index contributed by atoms with van der Waals surface area (Å²) in [5, 5.41) is 6.17. The van der Waals surface area contributed by atoms with E-state index in [2.05, 4.69) is 10.6 Å². The number of hydrogen-bond donors (Lipinski definition) is 3. The third-order valence-electron chi connectivity index (χ3n) is 1.39. The molecule has 0 amide bonds. The van der Waals surface area contributed by atoms with Gasteiger partial charge in [0.15, 0.2) is 5.11 Å². The summed E-state index contributed by atoms with van der Waals surface area (Å²) in [7, 11) is -7.33. The summed E-state index contributed by atoms with van der Waals surface area (Å²) in [6.07, 6.45) is 1.13. The first-order chi connectivity index (χ1) is 6.66. The van der Waals surface area contributed by atoms with Crippen molar-refractivity contribution in [3.8, 4) is 0 Å². The van der Waals surface area contributed by atoms with Crippen molar-refractivity contribution >= 4 is 34.9 Å². The van der Waals surface area contributed by atoms with Gasteiger partial charge in [-0.25, -0.2) is 0 Å². The maximum atomic E-state index is 11.4. The Hall–Kier alpha value is -0.250. The van der Waals surface area contributed by atoms with E-state index in [0.29, 0.717) is 17.7 Å². The SMILES string of the molecule is NCP1(=O)CNC(=S)NC1.O=S(=O)([O-])[O-]. The minimum Gasteiger partial charge on any atom is -0.759 e. The molecule has 0 radical (unpaired) electrons. The number of hydrogen-bond acceptors (Lipinski definition) is 7. The molecule has 0 bridgehead atoms. The largest absolute Gasteiger partial charge is 0.759 e. The minimum absolute atomic E-state index is 0.246. The first-order valence-corrected chi connectivity index (χ1v) is 7.62. The highest BCUT2D eigenvalue weighted by atomic mass is 32.3. The van der Waals surface area contributed by atoms with Crippen molar-refractivity contribution in [2.75, 3.05) is 18.9 Å². The van der Waals surface area contributed by atoms with Gasteiger partial charge in [-0.2, -0.15) is 0 Å². The molecule has 90 valence electrons. The van der Waals surface area contributed by atoms with Crippen LogP contribution in [0.4, 0.5) is 0 Å². The third-order valence-corrected chi connectivity index (χ3v) is 3.81. The van der Waals surface area contributed by atoms with Crippen LogP contribution in [-0.4, -0.2) is 41.5 Å². The predicted octanol–water partition coefficient (Wildman–Crippen LogP) is -1.68. The molecule has 0 aromatic heterocycles. The molecule has 0 aromatic carbocycles. The lowest BCUT2D eigenvalue weighted by molar-refractivity contribution is 0.352. The van der Waals surface area contributed by atoms with Crippen LogP contribution in [0.5, 0.6) is 0 Å². The zero-order chi connectivity index (χ0) is 12.1. The van der Waals surface area contributed by atoms with Gasteiger partial charge in [-0.15, -0.1) is 0 Å². The van der Waals surface area contributed by atoms with Crippen LogP contribution in [0.1, 0.15) is 0 Å². The number of rotatable bonds is 1. The van der Waals surface area contributed by atoms with Crippen molar-refractivity contribution in [2.45, 2.75) is 0 Å². The van der Waals surface area contributed by atoms with Crippen molar-refractivity contribution in [3.63, 3.8) is 0 Å². The lowest BCUT2D eigenvalue weighted by atomic mass is 11.0. The fourth-order valence-electron chi connectivity index (χ4n) is 0.679. The van der Waals surface area contributed by atoms with Crippen LogP contribution in [0.2, 0.25) is 0 Å². The molecule has 4 N–H and O–H groups in total. The van der Waals surface area contributed by atoms with E-state index in [1.807, 2.05) is 0 Å². The van der Waals surface area contributed by atoms with Crippen LogP contribution in [0.25, 0.3) is 0 Å². The summed E-state index contributed by atoms with van der Waals surface area (Å²) in [6, 6.07) is 0. The molecule has 11 heteroatoms. The molecular formula is C4H10N3O5PS2-2. The van der Waals surface area contributed by atoms with Gasteiger partial charge in [0.2, 0.25) is 0 Å². The smallest absolute Gasteiger partial charge is 0.167 e. The predicted molar refractivity (Wildman–Crippen MR) is 55.7 cm³/mol. The van der Waals surface area contributed by atoms with E-state index in [9.17, 15) is 4.57 Å². The summed E-state index contributed by atoms with van der Waals surface area (Å²) in [4.78, 5) is 0. The first-order valence-electron chi connectivity index (χ1n) is 3.62. The van der Waals surface area contributed by atoms with E-state index >= 15 is 0 Å². The van der Waals surface area contributed by atoms with E-state index in [0.717, 1.165) is 0 Å². The average molecular weight is 275 g/mol. The zero-order valence-corrected chi connectivity index (χ0v) is 10.0. The minimum atomic E-state index is -5.17. The molecular weight excluding hydrogens is 265 g/mol. The van der Waals surface area contributed by atoms with Crippen molar-refractivity contribution in [1.82, 2.24) is 10.6 Å². The molecule has 1 aliphatic heterocycles. The Balaban J connectivity index is 0.000000336. The van der Waals surface area contributed by atoms with E-state index in [1.165, 1.54) is 0 Å². The van der Waals surface area contributed by atoms with Gasteiger partial charge >= 0.3 is 0 Å². The fourth-order valence-corrected chi connectivity index (χ4v) is 2.30. The Bertz CT molecular complexity index is 346. The van der Waals surface area contributed by atoms with Crippen LogP contribution in [0.15, 0.2) is 0 Å². The monoisotopic (exact) mass is 275 g/mol. The Labute approximate surface area is 92.6 Å². The molecule has 0 aromatic rings. The molecule has 1 heterocycles. The van der Waals surface area contributed by atoms with Crippen molar-refractivity contribution in [1.29, 1.82) is 0 Å². The highest BCUT2D eigenvalue weighted by molar-refractivity contribution is 7.80. The van der Waals surface area contributed by atoms with E-state index in [-0.39, 0.29) is 6.29 Å². The Morgan fingerprint density at radius 2 is 1.73 bits per heavy atom. The summed E-state index contributed by atoms with van der Waals surface area (Å²) in [5.41, 5.74) is 5.30. The standard InChI is InChI=1S/C4H10N3OPS.H2O4S/c5-1-9(8)2-6-4(10)7-3-9;1-5(2,3)4/h1-3,5H2,(H2,6,7,10);(H2,1,2,3,4)/p-2. The second kappa shape index (κ2) is 5.73. The molecule has 0 spiro atoms. The van der Waals surface area contributed by atoms with Crippen LogP contribution in [-0.2, 0) is 15.0 Å². The van der Waals surface area contributed by atoms with Gasteiger partial charge in [-0.05, 0) is 12.2 Å². The van der Waals surface area contributed by atoms with Crippen LogP contribution in [0, 0.1) is 0 Å². The van der Waals surface area contributed by atoms with Gasteiger partial charge in [-0.1, -0.05) is 0 Å². The molecule has 8 nitrogen and oxygen atoms in total. The summed E-state index contributed by atoms with van der Waals surface area (Å²) >= 11 is 4.77. The normalized spacial score (nSPS) is 19.3. The van der Waals surface area contributed by atoms with E-state index in [4.69, 9.17) is 35.5 Å². The average Bonchev–Trinajstić information content (AvgIpc) is 2.08. The summed E-state index contributed by atoms with van der Waals surface area (Å²) in [5.74, 6) is 0. The highest BCUT2D eigenvalue weighted by Crippen LogP contribution is 2.41. The van der Waals surface area contributed by atoms with Gasteiger partial charge < -0.3 is 30.0 Å². The molecule has 1 rings (SSSR count). The van der Waals surface area contributed by atoms with Crippen LogP contribution < -0.4 is 16.4 Å². The summed E-state index contributed by atoms with van der Waals surface area (Å²) in [6.45, 7) is 0. The second-order valence-corrected chi connectivity index (χ2v) is 6.99. The van der Waals surface area contributed by atoms with Gasteiger partial charge in [0.25, 0.3) is 0 Å². The first kappa shape index (κ1) is 14.8. The number of nitrogens with two attached hydrogens (primary N) is 1. The molecule has 1 saturated heterocycles. The number of thiocarbonyl (C=S) groups is 1. The quantitative estimate of drug-likeness (QED) is 0.221. The van der Waals surface area contributed by atoms with Crippen molar-refractivity contribution in [3.05, 3.63) is 0 Å². The van der Waals surface area contributed by atoms with E-state index < -0.39 is 17.5 Å². The molecule has 15 heavy (non-hydrogen) atoms. The Kier molecular flexibility index (Phi) is 5.63. The lowest BCUT2D eigenvalue weighted by Crippen LogP contribution is -2.43. The number of nitrogens with one attached hydrogen (secondary N) is 2. The summed E-state index contributed by atoms with van der Waals surface area (Å²) < 4.78 is 45.5. The topological polar surface area (TPSA) is 147 Å². The second-order valence-electron chi connectivity index (χ2n) is 2.65. The fraction of sp³-hybridized carbons (Fsp3) is 0.750. The molecule has 0 aliphatic carbocycles. The van der Waals surface area contributed by atoms with E-state index in [1.54, 1.807) is 0 Å². The molecule has 0 atom stereocenters. The van der Waals surface area contributed by atoms with Crippen molar-refractivity contribution in [2.24, 2.45) is 5.73 Å². The Morgan fingerprint density at radius 3 is 2.00 bits per heavy atom.